The molecule has 274 valence electrons. The Morgan fingerprint density at radius 3 is 1.31 bits per heavy atom. The monoisotopic (exact) mass is 808 g/mol. The number of halogens is 1. The average molecular weight is 810 g/mol. The molecule has 2 aromatic heterocycles. The lowest BCUT2D eigenvalue weighted by atomic mass is 9.76. The van der Waals surface area contributed by atoms with Crippen LogP contribution < -0.4 is 5.46 Å². The van der Waals surface area contributed by atoms with Crippen LogP contribution in [0, 0.1) is 0 Å². The number of benzene rings is 10. The number of hydrogen-bond donors (Lipinski definition) is 2. The summed E-state index contributed by atoms with van der Waals surface area (Å²) in [4.78, 5) is 0. The van der Waals surface area contributed by atoms with Crippen molar-refractivity contribution < 1.29 is 10.0 Å². The van der Waals surface area contributed by atoms with Gasteiger partial charge in [-0.25, -0.2) is 0 Å². The van der Waals surface area contributed by atoms with E-state index < -0.39 is 7.12 Å². The van der Waals surface area contributed by atoms with Gasteiger partial charge in [0.1, 0.15) is 0 Å². The van der Waals surface area contributed by atoms with Crippen LogP contribution in [0.5, 0.6) is 0 Å². The molecule has 0 aliphatic rings. The normalized spacial score (nSPS) is 11.7. The zero-order valence-corrected chi connectivity index (χ0v) is 32.8. The van der Waals surface area contributed by atoms with Crippen molar-refractivity contribution in [2.45, 2.75) is 0 Å². The zero-order valence-electron chi connectivity index (χ0n) is 31.2. The summed E-state index contributed by atoms with van der Waals surface area (Å²) in [6.07, 6.45) is 0. The van der Waals surface area contributed by atoms with E-state index in [4.69, 9.17) is 0 Å². The van der Waals surface area contributed by atoms with Gasteiger partial charge in [-0.3, -0.25) is 0 Å². The van der Waals surface area contributed by atoms with Crippen molar-refractivity contribution in [3.8, 4) is 11.4 Å². The van der Waals surface area contributed by atoms with Crippen LogP contribution in [0.4, 0.5) is 0 Å². The number of hydrogen-bond acceptors (Lipinski definition) is 2. The average Bonchev–Trinajstić information content (AvgIpc) is 3.77. The Balaban J connectivity index is 0.000000133. The summed E-state index contributed by atoms with van der Waals surface area (Å²) in [6.45, 7) is 0. The first-order chi connectivity index (χ1) is 28.5. The third-order valence-electron chi connectivity index (χ3n) is 11.6. The van der Waals surface area contributed by atoms with E-state index >= 15 is 0 Å². The van der Waals surface area contributed by atoms with Gasteiger partial charge in [0, 0.05) is 37.4 Å². The van der Waals surface area contributed by atoms with Crippen LogP contribution in [0.2, 0.25) is 0 Å². The van der Waals surface area contributed by atoms with E-state index in [2.05, 4.69) is 189 Å². The molecule has 6 heteroatoms. The van der Waals surface area contributed by atoms with E-state index in [1.165, 1.54) is 65.3 Å². The minimum Gasteiger partial charge on any atom is -0.423 e. The fourth-order valence-electron chi connectivity index (χ4n) is 9.03. The molecule has 0 fully saturated rings. The number of aromatic nitrogens is 2. The Morgan fingerprint density at radius 2 is 0.776 bits per heavy atom. The number of rotatable bonds is 3. The lowest BCUT2D eigenvalue weighted by molar-refractivity contribution is 0.426. The molecular formula is C52H34BBrN2O2. The molecule has 0 saturated heterocycles. The molecule has 4 nitrogen and oxygen atoms in total. The quantitative estimate of drug-likeness (QED) is 0.138. The van der Waals surface area contributed by atoms with Gasteiger partial charge in [-0.15, -0.1) is 0 Å². The molecule has 0 amide bonds. The summed E-state index contributed by atoms with van der Waals surface area (Å²) in [6, 6.07) is 68.0. The minimum atomic E-state index is -1.49. The lowest BCUT2D eigenvalue weighted by Gasteiger charge is -2.11. The highest BCUT2D eigenvalue weighted by molar-refractivity contribution is 9.10. The van der Waals surface area contributed by atoms with E-state index in [1.807, 2.05) is 24.3 Å². The van der Waals surface area contributed by atoms with Crippen molar-refractivity contribution in [2.75, 3.05) is 0 Å². The summed E-state index contributed by atoms with van der Waals surface area (Å²) in [5.41, 5.74) is 7.67. The molecule has 0 spiro atoms. The lowest BCUT2D eigenvalue weighted by Crippen LogP contribution is -2.30. The maximum Gasteiger partial charge on any atom is 0.489 e. The summed E-state index contributed by atoms with van der Waals surface area (Å²) in [7, 11) is -1.49. The van der Waals surface area contributed by atoms with Gasteiger partial charge in [0.2, 0.25) is 0 Å². The number of fused-ring (bicyclic) bond motifs is 12. The molecular weight excluding hydrogens is 775 g/mol. The first kappa shape index (κ1) is 34.5. The first-order valence-corrected chi connectivity index (χ1v) is 20.2. The Kier molecular flexibility index (Phi) is 8.19. The summed E-state index contributed by atoms with van der Waals surface area (Å²) < 4.78 is 5.82. The third-order valence-corrected chi connectivity index (χ3v) is 12.3. The van der Waals surface area contributed by atoms with Crippen LogP contribution in [0.15, 0.2) is 199 Å². The standard InChI is InChI=1S/C26H18BNO2.C26H16BrN/c29-27(30)24-11-6-10-19-20(24)14-13-17-15-26-23(16-22(17)19)21-9-4-5-12-25(21)28(26)18-7-2-1-3-8-18;27-24-11-6-10-19-20(24)14-13-17-15-26-23(16-22(17)19)21-9-4-5-12-25(21)28(26)18-7-2-1-3-8-18/h1-16,29-30H;1-16H. The van der Waals surface area contributed by atoms with Crippen LogP contribution in [0.1, 0.15) is 0 Å². The first-order valence-electron chi connectivity index (χ1n) is 19.4. The smallest absolute Gasteiger partial charge is 0.423 e. The Labute approximate surface area is 342 Å². The van der Waals surface area contributed by atoms with Crippen molar-refractivity contribution in [2.24, 2.45) is 0 Å². The third kappa shape index (κ3) is 5.45. The van der Waals surface area contributed by atoms with E-state index in [0.29, 0.717) is 5.46 Å². The van der Waals surface area contributed by atoms with Gasteiger partial charge in [-0.2, -0.15) is 0 Å². The molecule has 12 rings (SSSR count). The number of para-hydroxylation sites is 4. The van der Waals surface area contributed by atoms with Crippen LogP contribution in [-0.4, -0.2) is 26.3 Å². The molecule has 10 aromatic carbocycles. The Hall–Kier alpha value is -6.70. The van der Waals surface area contributed by atoms with Crippen molar-refractivity contribution >= 4 is 115 Å². The minimum absolute atomic E-state index is 0.529. The highest BCUT2D eigenvalue weighted by Crippen LogP contribution is 2.39. The second kappa shape index (κ2) is 13.8. The van der Waals surface area contributed by atoms with Gasteiger partial charge < -0.3 is 19.2 Å². The van der Waals surface area contributed by atoms with Gasteiger partial charge in [0.15, 0.2) is 0 Å². The Morgan fingerprint density at radius 1 is 0.328 bits per heavy atom. The van der Waals surface area contributed by atoms with Gasteiger partial charge >= 0.3 is 7.12 Å². The molecule has 12 aromatic rings. The van der Waals surface area contributed by atoms with Gasteiger partial charge in [0.05, 0.1) is 22.1 Å². The van der Waals surface area contributed by atoms with E-state index in [1.54, 1.807) is 6.07 Å². The van der Waals surface area contributed by atoms with Gasteiger partial charge in [-0.05, 0) is 115 Å². The van der Waals surface area contributed by atoms with Crippen molar-refractivity contribution in [1.29, 1.82) is 0 Å². The van der Waals surface area contributed by atoms with Crippen LogP contribution in [0.25, 0.3) is 98.1 Å². The maximum atomic E-state index is 9.79. The molecule has 0 radical (unpaired) electrons. The predicted octanol–water partition coefficient (Wildman–Crippen LogP) is 12.6. The second-order valence-corrected chi connectivity index (χ2v) is 15.7. The van der Waals surface area contributed by atoms with Crippen molar-refractivity contribution in [1.82, 2.24) is 9.13 Å². The summed E-state index contributed by atoms with van der Waals surface area (Å²) in [5, 5.41) is 33.8. The van der Waals surface area contributed by atoms with Crippen molar-refractivity contribution in [3.63, 3.8) is 0 Å². The summed E-state index contributed by atoms with van der Waals surface area (Å²) in [5.74, 6) is 0. The molecule has 58 heavy (non-hydrogen) atoms. The molecule has 0 saturated carbocycles. The molecule has 2 N–H and O–H groups in total. The van der Waals surface area contributed by atoms with E-state index in [0.717, 1.165) is 37.2 Å². The largest absolute Gasteiger partial charge is 0.489 e. The van der Waals surface area contributed by atoms with Gasteiger partial charge in [-0.1, -0.05) is 143 Å². The summed E-state index contributed by atoms with van der Waals surface area (Å²) >= 11 is 3.70. The zero-order chi connectivity index (χ0) is 38.9. The highest BCUT2D eigenvalue weighted by atomic mass is 79.9. The topological polar surface area (TPSA) is 50.3 Å². The highest BCUT2D eigenvalue weighted by Gasteiger charge is 2.18. The van der Waals surface area contributed by atoms with Crippen LogP contribution >= 0.6 is 15.9 Å². The maximum absolute atomic E-state index is 9.79. The molecule has 2 heterocycles. The van der Waals surface area contributed by atoms with Crippen LogP contribution in [-0.2, 0) is 0 Å². The second-order valence-electron chi connectivity index (χ2n) is 14.8. The van der Waals surface area contributed by atoms with Gasteiger partial charge in [0.25, 0.3) is 0 Å². The fourth-order valence-corrected chi connectivity index (χ4v) is 9.53. The molecule has 0 aliphatic carbocycles. The molecule has 0 unspecified atom stereocenters. The van der Waals surface area contributed by atoms with E-state index in [-0.39, 0.29) is 0 Å². The number of nitrogens with zero attached hydrogens (tertiary/aromatic N) is 2. The predicted molar refractivity (Wildman–Crippen MR) is 249 cm³/mol. The SMILES string of the molecule is Brc1cccc2c1ccc1cc3c(cc12)c1ccccc1n3-c1ccccc1.OB(O)c1cccc2c1ccc1cc3c(cc12)c1ccccc1n3-c1ccccc1. The Bertz CT molecular complexity index is 3560. The molecule has 0 bridgehead atoms. The van der Waals surface area contributed by atoms with Crippen LogP contribution in [0.3, 0.4) is 0 Å². The van der Waals surface area contributed by atoms with Crippen molar-refractivity contribution in [3.05, 3.63) is 199 Å². The van der Waals surface area contributed by atoms with E-state index in [9.17, 15) is 10.0 Å². The molecule has 0 aliphatic heterocycles. The molecule has 0 atom stereocenters. The fraction of sp³-hybridized carbons (Fsp3) is 0.